The predicted molar refractivity (Wildman–Crippen MR) is 237 cm³/mol. The van der Waals surface area contributed by atoms with Crippen molar-refractivity contribution in [1.29, 1.82) is 0 Å². The highest BCUT2D eigenvalue weighted by atomic mass is 16.5. The molecule has 0 spiro atoms. The molecule has 308 valence electrons. The van der Waals surface area contributed by atoms with Crippen molar-refractivity contribution in [2.75, 3.05) is 44.4 Å². The van der Waals surface area contributed by atoms with Gasteiger partial charge in [-0.1, -0.05) is 146 Å². The lowest BCUT2D eigenvalue weighted by Gasteiger charge is -2.23. The van der Waals surface area contributed by atoms with Crippen molar-refractivity contribution in [1.82, 2.24) is 10.3 Å². The van der Waals surface area contributed by atoms with Crippen LogP contribution in [0.4, 0.5) is 5.82 Å². The zero-order chi connectivity index (χ0) is 38.3. The molecule has 1 saturated heterocycles. The van der Waals surface area contributed by atoms with Crippen LogP contribution in [-0.4, -0.2) is 50.5 Å². The Labute approximate surface area is 334 Å². The quantitative estimate of drug-likeness (QED) is 0.0539. The molecule has 1 aromatic rings. The van der Waals surface area contributed by atoms with Gasteiger partial charge < -0.3 is 19.7 Å². The number of anilines is 1. The lowest BCUT2D eigenvalue weighted by molar-refractivity contribution is 0.0523. The van der Waals surface area contributed by atoms with E-state index in [4.69, 9.17) is 14.5 Å². The third kappa shape index (κ3) is 28.2. The van der Waals surface area contributed by atoms with Gasteiger partial charge in [-0.25, -0.2) is 4.98 Å². The Hall–Kier alpha value is -2.21. The summed E-state index contributed by atoms with van der Waals surface area (Å²) in [4.78, 5) is 7.20. The highest BCUT2D eigenvalue weighted by Crippen LogP contribution is 2.22. The van der Waals surface area contributed by atoms with Crippen LogP contribution in [0.25, 0.3) is 0 Å². The first-order valence-corrected chi connectivity index (χ1v) is 23.0. The van der Waals surface area contributed by atoms with E-state index >= 15 is 0 Å². The van der Waals surface area contributed by atoms with Crippen molar-refractivity contribution in [2.45, 2.75) is 193 Å². The highest BCUT2D eigenvalue weighted by molar-refractivity contribution is 5.47. The number of pyridine rings is 1. The molecule has 1 aromatic heterocycles. The Morgan fingerprint density at radius 2 is 1.04 bits per heavy atom. The van der Waals surface area contributed by atoms with E-state index in [0.717, 1.165) is 64.3 Å². The van der Waals surface area contributed by atoms with E-state index in [-0.39, 0.29) is 6.04 Å². The fourth-order valence-corrected chi connectivity index (χ4v) is 7.04. The van der Waals surface area contributed by atoms with E-state index in [0.29, 0.717) is 13.2 Å². The van der Waals surface area contributed by atoms with Crippen molar-refractivity contribution < 1.29 is 9.47 Å². The van der Waals surface area contributed by atoms with Crippen LogP contribution in [-0.2, 0) is 16.0 Å². The molecule has 0 aromatic carbocycles. The Bertz CT molecular complexity index is 1010. The average molecular weight is 748 g/mol. The second-order valence-electron chi connectivity index (χ2n) is 15.6. The van der Waals surface area contributed by atoms with Crippen molar-refractivity contribution in [3.05, 3.63) is 72.5 Å². The molecule has 1 N–H and O–H groups in total. The third-order valence-electron chi connectivity index (χ3n) is 10.5. The van der Waals surface area contributed by atoms with Crippen LogP contribution in [0.3, 0.4) is 0 Å². The Morgan fingerprint density at radius 3 is 1.52 bits per heavy atom. The summed E-state index contributed by atoms with van der Waals surface area (Å²) in [7, 11) is 0. The Kier molecular flexibility index (Phi) is 33.5. The van der Waals surface area contributed by atoms with Gasteiger partial charge in [-0.2, -0.15) is 0 Å². The van der Waals surface area contributed by atoms with Crippen LogP contribution in [0.15, 0.2) is 66.9 Å². The monoisotopic (exact) mass is 748 g/mol. The van der Waals surface area contributed by atoms with Gasteiger partial charge in [0.2, 0.25) is 0 Å². The van der Waals surface area contributed by atoms with Crippen molar-refractivity contribution >= 4 is 5.82 Å². The van der Waals surface area contributed by atoms with E-state index in [2.05, 4.69) is 84.8 Å². The van der Waals surface area contributed by atoms with Gasteiger partial charge in [-0.3, -0.25) is 0 Å². The molecule has 0 saturated carbocycles. The summed E-state index contributed by atoms with van der Waals surface area (Å²) < 4.78 is 12.5. The largest absolute Gasteiger partial charge is 0.380 e. The van der Waals surface area contributed by atoms with Gasteiger partial charge in [0, 0.05) is 44.6 Å². The molecule has 5 heteroatoms. The average Bonchev–Trinajstić information content (AvgIpc) is 3.74. The van der Waals surface area contributed by atoms with Gasteiger partial charge in [0.05, 0.1) is 19.3 Å². The maximum atomic E-state index is 6.23. The molecule has 0 bridgehead atoms. The molecule has 1 fully saturated rings. The first-order chi connectivity index (χ1) is 26.8. The van der Waals surface area contributed by atoms with Crippen LogP contribution < -0.4 is 10.2 Å². The van der Waals surface area contributed by atoms with E-state index < -0.39 is 0 Å². The SMILES string of the molecule is CCCCC/C=C\C/C=C\CCCCCCCCOCC(COCCCCCCCC/C=C/C/C=C/CCCCC)NCc1cccnc1N1CCCC1. The molecular weight excluding hydrogens is 663 g/mol. The van der Waals surface area contributed by atoms with E-state index in [1.54, 1.807) is 0 Å². The smallest absolute Gasteiger partial charge is 0.133 e. The number of allylic oxidation sites excluding steroid dienone is 8. The topological polar surface area (TPSA) is 46.6 Å². The molecular formula is C49H85N3O2. The fraction of sp³-hybridized carbons (Fsp3) is 0.735. The molecule has 54 heavy (non-hydrogen) atoms. The minimum absolute atomic E-state index is 0.186. The van der Waals surface area contributed by atoms with Crippen LogP contribution in [0.2, 0.25) is 0 Å². The van der Waals surface area contributed by atoms with Crippen LogP contribution >= 0.6 is 0 Å². The Balaban J connectivity index is 1.56. The number of ether oxygens (including phenoxy) is 2. The minimum Gasteiger partial charge on any atom is -0.380 e. The third-order valence-corrected chi connectivity index (χ3v) is 10.5. The molecule has 1 unspecified atom stereocenters. The number of nitrogens with zero attached hydrogens (tertiary/aromatic N) is 2. The Morgan fingerprint density at radius 1 is 0.593 bits per heavy atom. The summed E-state index contributed by atoms with van der Waals surface area (Å²) >= 11 is 0. The summed E-state index contributed by atoms with van der Waals surface area (Å²) in [6, 6.07) is 4.47. The summed E-state index contributed by atoms with van der Waals surface area (Å²) in [5, 5.41) is 3.78. The maximum absolute atomic E-state index is 6.23. The normalized spacial score (nSPS) is 14.3. The first-order valence-electron chi connectivity index (χ1n) is 23.0. The molecule has 5 nitrogen and oxygen atoms in total. The van der Waals surface area contributed by atoms with Crippen molar-refractivity contribution in [3.63, 3.8) is 0 Å². The van der Waals surface area contributed by atoms with Crippen molar-refractivity contribution in [3.8, 4) is 0 Å². The lowest BCUT2D eigenvalue weighted by atomic mass is 10.1. The van der Waals surface area contributed by atoms with E-state index in [1.165, 1.54) is 147 Å². The standard InChI is InChI=1S/C49H85N3O2/c1-3-5-7-9-11-13-15-17-19-21-23-25-27-29-31-35-42-53-45-48(51-44-47-38-37-39-50-49(47)52-40-33-34-41-52)46-54-43-36-32-30-28-26-24-22-20-18-16-14-12-10-8-6-4-2/h11-14,17-20,37-39,48,51H,3-10,15-16,21-36,40-46H2,1-2H3/b13-11-,14-12+,19-17-,20-18+. The summed E-state index contributed by atoms with van der Waals surface area (Å²) in [5.74, 6) is 1.14. The van der Waals surface area contributed by atoms with E-state index in [1.807, 2.05) is 6.20 Å². The maximum Gasteiger partial charge on any atom is 0.133 e. The van der Waals surface area contributed by atoms with Gasteiger partial charge in [0.1, 0.15) is 5.82 Å². The van der Waals surface area contributed by atoms with Crippen LogP contribution in [0.5, 0.6) is 0 Å². The number of hydrogen-bond acceptors (Lipinski definition) is 5. The molecule has 1 aliphatic heterocycles. The van der Waals surface area contributed by atoms with Gasteiger partial charge in [-0.05, 0) is 96.0 Å². The zero-order valence-corrected chi connectivity index (χ0v) is 35.5. The highest BCUT2D eigenvalue weighted by Gasteiger charge is 2.18. The molecule has 2 heterocycles. The molecule has 2 rings (SSSR count). The predicted octanol–water partition coefficient (Wildman–Crippen LogP) is 13.8. The number of aromatic nitrogens is 1. The van der Waals surface area contributed by atoms with Gasteiger partial charge in [-0.15, -0.1) is 0 Å². The second kappa shape index (κ2) is 37.7. The number of nitrogens with one attached hydrogen (secondary N) is 1. The molecule has 1 atom stereocenters. The lowest BCUT2D eigenvalue weighted by Crippen LogP contribution is -2.38. The minimum atomic E-state index is 0.186. The van der Waals surface area contributed by atoms with Crippen molar-refractivity contribution in [2.24, 2.45) is 0 Å². The van der Waals surface area contributed by atoms with Crippen LogP contribution in [0.1, 0.15) is 186 Å². The molecule has 0 amide bonds. The fourth-order valence-electron chi connectivity index (χ4n) is 7.04. The van der Waals surface area contributed by atoms with Gasteiger partial charge >= 0.3 is 0 Å². The first kappa shape index (κ1) is 47.9. The second-order valence-corrected chi connectivity index (χ2v) is 15.6. The summed E-state index contributed by atoms with van der Waals surface area (Å²) in [6.45, 7) is 10.6. The van der Waals surface area contributed by atoms with Gasteiger partial charge in [0.15, 0.2) is 0 Å². The number of hydrogen-bond donors (Lipinski definition) is 1. The number of unbranched alkanes of at least 4 members (excludes halogenated alkanes) is 18. The molecule has 1 aliphatic rings. The number of rotatable bonds is 38. The van der Waals surface area contributed by atoms with Gasteiger partial charge in [0.25, 0.3) is 0 Å². The zero-order valence-electron chi connectivity index (χ0n) is 35.5. The van der Waals surface area contributed by atoms with Crippen LogP contribution in [0, 0.1) is 0 Å². The van der Waals surface area contributed by atoms with E-state index in [9.17, 15) is 0 Å². The summed E-state index contributed by atoms with van der Waals surface area (Å²) in [6.07, 6.45) is 53.7. The molecule has 0 aliphatic carbocycles. The molecule has 0 radical (unpaired) electrons. The summed E-state index contributed by atoms with van der Waals surface area (Å²) in [5.41, 5.74) is 1.28.